The van der Waals surface area contributed by atoms with Gasteiger partial charge < -0.3 is 14.2 Å². The minimum Gasteiger partial charge on any atom is -0.328 e. The van der Waals surface area contributed by atoms with Gasteiger partial charge in [0, 0.05) is 13.5 Å². The molecule has 3 heteroatoms. The van der Waals surface area contributed by atoms with E-state index in [1.54, 1.807) is 0 Å². The summed E-state index contributed by atoms with van der Waals surface area (Å²) in [7, 11) is 0. The summed E-state index contributed by atoms with van der Waals surface area (Å²) in [6.45, 7) is 7.23. The number of hydrogen-bond acceptors (Lipinski definition) is 3. The number of rotatable bonds is 3. The first kappa shape index (κ1) is 9.96. The lowest BCUT2D eigenvalue weighted by molar-refractivity contribution is -0.404. The third kappa shape index (κ3) is 2.44. The Morgan fingerprint density at radius 1 is 1.50 bits per heavy atom. The maximum absolute atomic E-state index is 5.62. The van der Waals surface area contributed by atoms with Gasteiger partial charge in [0.1, 0.15) is 0 Å². The van der Waals surface area contributed by atoms with E-state index in [1.165, 1.54) is 0 Å². The van der Waals surface area contributed by atoms with E-state index in [0.717, 1.165) is 19.4 Å². The fraction of sp³-hybridized carbons (Fsp3) is 1.00. The Balaban J connectivity index is 2.43. The molecule has 0 aliphatic carbocycles. The average molecular weight is 174 g/mol. The molecule has 0 spiro atoms. The van der Waals surface area contributed by atoms with E-state index in [9.17, 15) is 0 Å². The van der Waals surface area contributed by atoms with Crippen LogP contribution in [0.3, 0.4) is 0 Å². The van der Waals surface area contributed by atoms with Gasteiger partial charge in [-0.1, -0.05) is 6.92 Å². The van der Waals surface area contributed by atoms with Crippen LogP contribution < -0.4 is 0 Å². The van der Waals surface area contributed by atoms with Gasteiger partial charge in [0.2, 0.25) is 0 Å². The topological polar surface area (TPSA) is 27.7 Å². The second kappa shape index (κ2) is 4.21. The minimum absolute atomic E-state index is 0.287. The van der Waals surface area contributed by atoms with Crippen LogP contribution in [0.2, 0.25) is 0 Å². The van der Waals surface area contributed by atoms with E-state index in [1.807, 2.05) is 13.8 Å². The summed E-state index contributed by atoms with van der Waals surface area (Å²) in [6.07, 6.45) is 2.28. The van der Waals surface area contributed by atoms with Crippen molar-refractivity contribution in [2.24, 2.45) is 0 Å². The van der Waals surface area contributed by atoms with Crippen LogP contribution in [0.4, 0.5) is 0 Å². The first-order chi connectivity index (χ1) is 5.70. The molecule has 2 unspecified atom stereocenters. The summed E-state index contributed by atoms with van der Waals surface area (Å²) in [6, 6.07) is 0. The standard InChI is InChI=1S/C9H18O3/c1-4-8-6-7-11-9(3,12-8)10-5-2/h8H,4-7H2,1-3H3. The Hall–Kier alpha value is -0.120. The van der Waals surface area contributed by atoms with Crippen molar-refractivity contribution in [2.75, 3.05) is 13.2 Å². The van der Waals surface area contributed by atoms with Crippen molar-refractivity contribution in [2.45, 2.75) is 45.7 Å². The van der Waals surface area contributed by atoms with Crippen LogP contribution in [0.1, 0.15) is 33.6 Å². The molecule has 0 bridgehead atoms. The zero-order valence-electron chi connectivity index (χ0n) is 8.13. The lowest BCUT2D eigenvalue weighted by atomic mass is 10.2. The van der Waals surface area contributed by atoms with Crippen molar-refractivity contribution in [1.82, 2.24) is 0 Å². The van der Waals surface area contributed by atoms with Gasteiger partial charge >= 0.3 is 0 Å². The summed E-state index contributed by atoms with van der Waals surface area (Å²) >= 11 is 0. The highest BCUT2D eigenvalue weighted by Crippen LogP contribution is 2.25. The van der Waals surface area contributed by atoms with Crippen LogP contribution in [-0.2, 0) is 14.2 Å². The number of ether oxygens (including phenoxy) is 3. The molecule has 2 atom stereocenters. The van der Waals surface area contributed by atoms with Crippen LogP contribution in [0.15, 0.2) is 0 Å². The molecule has 1 fully saturated rings. The van der Waals surface area contributed by atoms with E-state index in [2.05, 4.69) is 6.92 Å². The van der Waals surface area contributed by atoms with Crippen LogP contribution in [0.25, 0.3) is 0 Å². The highest BCUT2D eigenvalue weighted by atomic mass is 16.9. The second-order valence-corrected chi connectivity index (χ2v) is 3.08. The van der Waals surface area contributed by atoms with Crippen molar-refractivity contribution >= 4 is 0 Å². The van der Waals surface area contributed by atoms with E-state index in [4.69, 9.17) is 14.2 Å². The van der Waals surface area contributed by atoms with Gasteiger partial charge in [-0.2, -0.15) is 0 Å². The van der Waals surface area contributed by atoms with Crippen LogP contribution in [-0.4, -0.2) is 25.3 Å². The van der Waals surface area contributed by atoms with Crippen molar-refractivity contribution in [3.8, 4) is 0 Å². The van der Waals surface area contributed by atoms with Crippen molar-refractivity contribution in [3.63, 3.8) is 0 Å². The minimum atomic E-state index is -0.798. The Kier molecular flexibility index (Phi) is 3.50. The monoisotopic (exact) mass is 174 g/mol. The van der Waals surface area contributed by atoms with E-state index in [-0.39, 0.29) is 6.10 Å². The number of hydrogen-bond donors (Lipinski definition) is 0. The van der Waals surface area contributed by atoms with Gasteiger partial charge in [0.15, 0.2) is 0 Å². The largest absolute Gasteiger partial charge is 0.328 e. The summed E-state index contributed by atoms with van der Waals surface area (Å²) in [5.74, 6) is -0.798. The lowest BCUT2D eigenvalue weighted by Gasteiger charge is -2.37. The Morgan fingerprint density at radius 2 is 2.25 bits per heavy atom. The molecule has 0 saturated carbocycles. The van der Waals surface area contributed by atoms with E-state index < -0.39 is 5.97 Å². The van der Waals surface area contributed by atoms with Crippen molar-refractivity contribution < 1.29 is 14.2 Å². The van der Waals surface area contributed by atoms with Gasteiger partial charge in [0.05, 0.1) is 12.7 Å². The predicted molar refractivity (Wildman–Crippen MR) is 45.8 cm³/mol. The molecule has 1 aliphatic rings. The van der Waals surface area contributed by atoms with Gasteiger partial charge in [-0.3, -0.25) is 0 Å². The zero-order chi connectivity index (χ0) is 9.03. The van der Waals surface area contributed by atoms with E-state index in [0.29, 0.717) is 6.61 Å². The van der Waals surface area contributed by atoms with Gasteiger partial charge in [-0.25, -0.2) is 0 Å². The highest BCUT2D eigenvalue weighted by Gasteiger charge is 2.33. The zero-order valence-corrected chi connectivity index (χ0v) is 8.13. The molecule has 0 amide bonds. The molecule has 3 nitrogen and oxygen atoms in total. The molecule has 12 heavy (non-hydrogen) atoms. The van der Waals surface area contributed by atoms with Gasteiger partial charge in [0.25, 0.3) is 5.97 Å². The molecule has 0 aromatic rings. The molecule has 1 rings (SSSR count). The van der Waals surface area contributed by atoms with Crippen molar-refractivity contribution in [3.05, 3.63) is 0 Å². The summed E-state index contributed by atoms with van der Waals surface area (Å²) in [4.78, 5) is 0. The summed E-state index contributed by atoms with van der Waals surface area (Å²) in [5.41, 5.74) is 0. The van der Waals surface area contributed by atoms with Crippen LogP contribution in [0, 0.1) is 0 Å². The smallest absolute Gasteiger partial charge is 0.280 e. The molecular formula is C9H18O3. The van der Waals surface area contributed by atoms with Crippen LogP contribution in [0.5, 0.6) is 0 Å². The molecule has 0 radical (unpaired) electrons. The molecule has 0 aromatic heterocycles. The fourth-order valence-electron chi connectivity index (χ4n) is 1.40. The third-order valence-electron chi connectivity index (χ3n) is 2.05. The fourth-order valence-corrected chi connectivity index (χ4v) is 1.40. The first-order valence-electron chi connectivity index (χ1n) is 4.66. The first-order valence-corrected chi connectivity index (χ1v) is 4.66. The van der Waals surface area contributed by atoms with Gasteiger partial charge in [-0.05, 0) is 19.8 Å². The quantitative estimate of drug-likeness (QED) is 0.654. The predicted octanol–water partition coefficient (Wildman–Crippen LogP) is 1.91. The molecule has 0 N–H and O–H groups in total. The molecule has 72 valence electrons. The normalized spacial score (nSPS) is 36.8. The van der Waals surface area contributed by atoms with E-state index >= 15 is 0 Å². The van der Waals surface area contributed by atoms with Crippen molar-refractivity contribution in [1.29, 1.82) is 0 Å². The Morgan fingerprint density at radius 3 is 2.83 bits per heavy atom. The highest BCUT2D eigenvalue weighted by molar-refractivity contribution is 4.64. The molecule has 1 saturated heterocycles. The lowest BCUT2D eigenvalue weighted by Crippen LogP contribution is -2.44. The summed E-state index contributed by atoms with van der Waals surface area (Å²) in [5, 5.41) is 0. The molecular weight excluding hydrogens is 156 g/mol. The maximum Gasteiger partial charge on any atom is 0.280 e. The Bertz CT molecular complexity index is 134. The summed E-state index contributed by atoms with van der Waals surface area (Å²) < 4.78 is 16.4. The van der Waals surface area contributed by atoms with Gasteiger partial charge in [-0.15, -0.1) is 0 Å². The maximum atomic E-state index is 5.62. The molecule has 0 aromatic carbocycles. The third-order valence-corrected chi connectivity index (χ3v) is 2.05. The second-order valence-electron chi connectivity index (χ2n) is 3.08. The SMILES string of the molecule is CCOC1(C)OCCC(CC)O1. The molecule has 1 heterocycles. The average Bonchev–Trinajstić information content (AvgIpc) is 2.04. The van der Waals surface area contributed by atoms with Crippen LogP contribution >= 0.6 is 0 Å². The Labute approximate surface area is 74.0 Å². The molecule has 1 aliphatic heterocycles.